The molecule has 2 rings (SSSR count). The molecule has 0 aliphatic heterocycles. The van der Waals surface area contributed by atoms with Gasteiger partial charge in [0.05, 0.1) is 20.7 Å². The van der Waals surface area contributed by atoms with Gasteiger partial charge in [-0.05, 0) is 39.9 Å². The Bertz CT molecular complexity index is 599. The molecule has 2 aromatic rings. The van der Waals surface area contributed by atoms with Gasteiger partial charge >= 0.3 is 0 Å². The lowest BCUT2D eigenvalue weighted by Gasteiger charge is -2.03. The number of methoxy groups -OCH3 is 1. The van der Waals surface area contributed by atoms with E-state index in [4.69, 9.17) is 4.74 Å². The highest BCUT2D eigenvalue weighted by Crippen LogP contribution is 2.44. The summed E-state index contributed by atoms with van der Waals surface area (Å²) in [6, 6.07) is 10.0. The highest BCUT2D eigenvalue weighted by molar-refractivity contribution is 9.11. The topological polar surface area (TPSA) is 33.0 Å². The Balaban J connectivity index is 2.56. The van der Waals surface area contributed by atoms with Crippen LogP contribution in [0, 0.1) is 11.3 Å². The van der Waals surface area contributed by atoms with Crippen LogP contribution in [-0.2, 0) is 0 Å². The molecule has 5 heteroatoms. The molecule has 0 aliphatic carbocycles. The number of ether oxygens (including phenoxy) is 1. The van der Waals surface area contributed by atoms with E-state index in [9.17, 15) is 5.26 Å². The van der Waals surface area contributed by atoms with Gasteiger partial charge in [-0.1, -0.05) is 12.1 Å². The average molecular weight is 340 g/mol. The highest BCUT2D eigenvalue weighted by Gasteiger charge is 2.17. The summed E-state index contributed by atoms with van der Waals surface area (Å²) in [5, 5.41) is 9.30. The van der Waals surface area contributed by atoms with Crippen molar-refractivity contribution in [3.63, 3.8) is 0 Å². The van der Waals surface area contributed by atoms with Crippen molar-refractivity contribution in [2.24, 2.45) is 0 Å². The minimum absolute atomic E-state index is 0.740. The van der Waals surface area contributed by atoms with Crippen LogP contribution < -0.4 is 4.74 Å². The first-order chi connectivity index (χ1) is 8.71. The lowest BCUT2D eigenvalue weighted by Crippen LogP contribution is -1.84. The Morgan fingerprint density at radius 2 is 2.00 bits per heavy atom. The number of rotatable bonds is 3. The predicted molar refractivity (Wildman–Crippen MR) is 80.5 cm³/mol. The number of hydrogen-bond donors (Lipinski definition) is 0. The summed E-state index contributed by atoms with van der Waals surface area (Å²) >= 11 is 6.74. The van der Waals surface area contributed by atoms with Crippen molar-refractivity contribution in [2.45, 2.75) is 4.21 Å². The first kappa shape index (κ1) is 13.5. The van der Waals surface area contributed by atoms with Crippen molar-refractivity contribution in [3.05, 3.63) is 33.6 Å². The maximum atomic E-state index is 9.30. The molecule has 0 saturated heterocycles. The van der Waals surface area contributed by atoms with E-state index >= 15 is 0 Å². The molecule has 0 amide bonds. The molecule has 0 radical (unpaired) electrons. The van der Waals surface area contributed by atoms with E-state index in [0.29, 0.717) is 0 Å². The average Bonchev–Trinajstić information content (AvgIpc) is 2.74. The molecule has 0 aliphatic rings. The molecule has 92 valence electrons. The van der Waals surface area contributed by atoms with E-state index in [1.165, 1.54) is 0 Å². The number of nitriles is 1. The SMILES string of the molecule is COc1ccc(-c2c(Br)sc(SC)c2C#N)cc1. The van der Waals surface area contributed by atoms with Gasteiger partial charge in [-0.15, -0.1) is 23.1 Å². The van der Waals surface area contributed by atoms with Crippen molar-refractivity contribution in [3.8, 4) is 22.9 Å². The summed E-state index contributed by atoms with van der Waals surface area (Å²) in [4.78, 5) is 0. The van der Waals surface area contributed by atoms with Crippen molar-refractivity contribution in [1.82, 2.24) is 0 Å². The van der Waals surface area contributed by atoms with Gasteiger partial charge in [0, 0.05) is 5.56 Å². The van der Waals surface area contributed by atoms with Crippen LogP contribution in [0.15, 0.2) is 32.3 Å². The molecule has 0 saturated carbocycles. The molecule has 0 unspecified atom stereocenters. The van der Waals surface area contributed by atoms with Crippen LogP contribution in [0.3, 0.4) is 0 Å². The zero-order valence-electron chi connectivity index (χ0n) is 9.86. The summed E-state index contributed by atoms with van der Waals surface area (Å²) in [6.07, 6.45) is 1.98. The molecule has 0 fully saturated rings. The Morgan fingerprint density at radius 3 is 2.50 bits per heavy atom. The third kappa shape index (κ3) is 2.41. The van der Waals surface area contributed by atoms with E-state index in [0.717, 1.165) is 30.4 Å². The van der Waals surface area contributed by atoms with Crippen LogP contribution in [-0.4, -0.2) is 13.4 Å². The highest BCUT2D eigenvalue weighted by atomic mass is 79.9. The molecular formula is C13H10BrNOS2. The van der Waals surface area contributed by atoms with E-state index in [-0.39, 0.29) is 0 Å². The normalized spacial score (nSPS) is 10.1. The van der Waals surface area contributed by atoms with Crippen LogP contribution in [0.4, 0.5) is 0 Å². The Morgan fingerprint density at radius 1 is 1.33 bits per heavy atom. The van der Waals surface area contributed by atoms with E-state index in [1.807, 2.05) is 30.5 Å². The third-order valence-electron chi connectivity index (χ3n) is 2.51. The maximum Gasteiger partial charge on any atom is 0.118 e. The molecular weight excluding hydrogens is 330 g/mol. The van der Waals surface area contributed by atoms with Gasteiger partial charge in [0.15, 0.2) is 0 Å². The molecule has 18 heavy (non-hydrogen) atoms. The smallest absolute Gasteiger partial charge is 0.118 e. The Hall–Kier alpha value is -0.960. The fourth-order valence-corrected chi connectivity index (χ4v) is 4.55. The van der Waals surface area contributed by atoms with Crippen LogP contribution in [0.1, 0.15) is 5.56 Å². The van der Waals surface area contributed by atoms with E-state index < -0.39 is 0 Å². The van der Waals surface area contributed by atoms with Gasteiger partial charge in [0.2, 0.25) is 0 Å². The van der Waals surface area contributed by atoms with E-state index in [1.54, 1.807) is 30.2 Å². The number of nitrogens with zero attached hydrogens (tertiary/aromatic N) is 1. The molecule has 1 aromatic heterocycles. The van der Waals surface area contributed by atoms with Crippen molar-refractivity contribution in [1.29, 1.82) is 5.26 Å². The van der Waals surface area contributed by atoms with Crippen molar-refractivity contribution < 1.29 is 4.74 Å². The molecule has 1 heterocycles. The largest absolute Gasteiger partial charge is 0.497 e. The summed E-state index contributed by atoms with van der Waals surface area (Å²) in [5.74, 6) is 0.814. The van der Waals surface area contributed by atoms with Gasteiger partial charge in [-0.2, -0.15) is 5.26 Å². The minimum Gasteiger partial charge on any atom is -0.497 e. The number of halogens is 1. The second-order valence-electron chi connectivity index (χ2n) is 3.46. The van der Waals surface area contributed by atoms with Gasteiger partial charge < -0.3 is 4.74 Å². The van der Waals surface area contributed by atoms with Crippen LogP contribution >= 0.6 is 39.0 Å². The third-order valence-corrected chi connectivity index (χ3v) is 5.49. The molecule has 2 nitrogen and oxygen atoms in total. The number of thiophene rings is 1. The Labute approximate surface area is 123 Å². The monoisotopic (exact) mass is 339 g/mol. The molecule has 0 atom stereocenters. The second-order valence-corrected chi connectivity index (χ2v) is 6.87. The van der Waals surface area contributed by atoms with Gasteiger partial charge in [-0.3, -0.25) is 0 Å². The maximum absolute atomic E-state index is 9.30. The zero-order valence-corrected chi connectivity index (χ0v) is 13.1. The zero-order chi connectivity index (χ0) is 13.1. The lowest BCUT2D eigenvalue weighted by atomic mass is 10.1. The lowest BCUT2D eigenvalue weighted by molar-refractivity contribution is 0.415. The molecule has 0 N–H and O–H groups in total. The summed E-state index contributed by atoms with van der Waals surface area (Å²) in [7, 11) is 1.64. The van der Waals surface area contributed by atoms with E-state index in [2.05, 4.69) is 22.0 Å². The quantitative estimate of drug-likeness (QED) is 0.754. The summed E-state index contributed by atoms with van der Waals surface area (Å²) in [5.41, 5.74) is 2.73. The molecule has 0 spiro atoms. The number of benzene rings is 1. The van der Waals surface area contributed by atoms with Gasteiger partial charge in [-0.25, -0.2) is 0 Å². The van der Waals surface area contributed by atoms with Crippen LogP contribution in [0.25, 0.3) is 11.1 Å². The fourth-order valence-electron chi connectivity index (χ4n) is 1.64. The summed E-state index contributed by atoms with van der Waals surface area (Å²) in [6.45, 7) is 0. The first-order valence-electron chi connectivity index (χ1n) is 5.12. The number of thioether (sulfide) groups is 1. The first-order valence-corrected chi connectivity index (χ1v) is 7.95. The predicted octanol–water partition coefficient (Wildman–Crippen LogP) is 4.78. The van der Waals surface area contributed by atoms with Gasteiger partial charge in [0.25, 0.3) is 0 Å². The van der Waals surface area contributed by atoms with Crippen molar-refractivity contribution >= 4 is 39.0 Å². The van der Waals surface area contributed by atoms with Crippen LogP contribution in [0.2, 0.25) is 0 Å². The summed E-state index contributed by atoms with van der Waals surface area (Å²) < 4.78 is 7.17. The standard InChI is InChI=1S/C13H10BrNOS2/c1-16-9-5-3-8(4-6-9)11-10(7-15)13(17-2)18-12(11)14/h3-6H,1-2H3. The molecule has 1 aromatic carbocycles. The van der Waals surface area contributed by atoms with Gasteiger partial charge in [0.1, 0.15) is 11.8 Å². The fraction of sp³-hybridized carbons (Fsp3) is 0.154. The molecule has 0 bridgehead atoms. The minimum atomic E-state index is 0.740. The van der Waals surface area contributed by atoms with Crippen molar-refractivity contribution in [2.75, 3.05) is 13.4 Å². The second kappa shape index (κ2) is 5.79. The van der Waals surface area contributed by atoms with Crippen LogP contribution in [0.5, 0.6) is 5.75 Å². The Kier molecular flexibility index (Phi) is 4.33. The number of hydrogen-bond acceptors (Lipinski definition) is 4.